The van der Waals surface area contributed by atoms with Gasteiger partial charge >= 0.3 is 12.4 Å². The minimum Gasteiger partial charge on any atom is -0.368 e. The van der Waals surface area contributed by atoms with Gasteiger partial charge in [-0.3, -0.25) is 0 Å². The number of aromatic nitrogens is 3. The Bertz CT molecular complexity index is 1340. The predicted molar refractivity (Wildman–Crippen MR) is 113 cm³/mol. The monoisotopic (exact) mass is 501 g/mol. The van der Waals surface area contributed by atoms with Crippen LogP contribution in [0.4, 0.5) is 46.9 Å². The zero-order valence-corrected chi connectivity index (χ0v) is 17.5. The van der Waals surface area contributed by atoms with Crippen LogP contribution in [-0.2, 0) is 12.4 Å². The van der Waals surface area contributed by atoms with Gasteiger partial charge in [0.25, 0.3) is 0 Å². The van der Waals surface area contributed by atoms with E-state index in [4.69, 9.17) is 0 Å². The quantitative estimate of drug-likeness (QED) is 0.210. The molecule has 3 N–H and O–H groups in total. The number of pyridine rings is 1. The van der Waals surface area contributed by atoms with Gasteiger partial charge in [0.1, 0.15) is 17.5 Å². The molecule has 13 heteroatoms. The van der Waals surface area contributed by atoms with Crippen LogP contribution in [0.2, 0.25) is 0 Å². The Kier molecular flexibility index (Phi) is 6.26. The van der Waals surface area contributed by atoms with Crippen LogP contribution in [0.25, 0.3) is 22.2 Å². The van der Waals surface area contributed by atoms with E-state index in [1.54, 1.807) is 0 Å². The lowest BCUT2D eigenvalue weighted by molar-refractivity contribution is -0.138. The average Bonchev–Trinajstić information content (AvgIpc) is 3.17. The van der Waals surface area contributed by atoms with Gasteiger partial charge < -0.3 is 15.6 Å². The summed E-state index contributed by atoms with van der Waals surface area (Å²) < 4.78 is 107. The first-order valence-corrected chi connectivity index (χ1v) is 9.99. The van der Waals surface area contributed by atoms with Crippen LogP contribution in [0.3, 0.4) is 0 Å². The Morgan fingerprint density at radius 1 is 0.829 bits per heavy atom. The lowest BCUT2D eigenvalue weighted by atomic mass is 10.0. The molecule has 0 fully saturated rings. The lowest BCUT2D eigenvalue weighted by Gasteiger charge is -2.13. The molecular weight excluding hydrogens is 486 g/mol. The number of alkyl halides is 6. The molecule has 0 spiro atoms. The van der Waals surface area contributed by atoms with E-state index < -0.39 is 35.1 Å². The lowest BCUT2D eigenvalue weighted by Crippen LogP contribution is -2.18. The van der Waals surface area contributed by atoms with Crippen LogP contribution in [-0.4, -0.2) is 28.0 Å². The third-order valence-corrected chi connectivity index (χ3v) is 4.91. The smallest absolute Gasteiger partial charge is 0.368 e. The molecule has 184 valence electrons. The highest BCUT2D eigenvalue weighted by molar-refractivity contribution is 5.94. The molecule has 5 nitrogen and oxygen atoms in total. The van der Waals surface area contributed by atoms with Crippen LogP contribution >= 0.6 is 0 Å². The Hall–Kier alpha value is -3.90. The van der Waals surface area contributed by atoms with Crippen molar-refractivity contribution in [3.8, 4) is 11.1 Å². The predicted octanol–water partition coefficient (Wildman–Crippen LogP) is 6.46. The topological polar surface area (TPSA) is 65.6 Å². The molecule has 0 aliphatic carbocycles. The SMILES string of the molecule is Fc1cc(F)cc(-c2cc(C(F)(F)F)cc3[nH]c(NCCNc4ncccc4C(F)(F)F)nc23)c1. The minimum absolute atomic E-state index is 0.0105. The number of rotatable bonds is 6. The van der Waals surface area contributed by atoms with Gasteiger partial charge in [0.2, 0.25) is 5.95 Å². The van der Waals surface area contributed by atoms with Crippen molar-refractivity contribution in [1.29, 1.82) is 0 Å². The van der Waals surface area contributed by atoms with E-state index in [0.29, 0.717) is 6.07 Å². The van der Waals surface area contributed by atoms with E-state index in [0.717, 1.165) is 36.4 Å². The summed E-state index contributed by atoms with van der Waals surface area (Å²) in [6.45, 7) is -0.0172. The van der Waals surface area contributed by atoms with E-state index in [1.807, 2.05) is 0 Å². The summed E-state index contributed by atoms with van der Waals surface area (Å²) in [5.41, 5.74) is -2.35. The second kappa shape index (κ2) is 9.04. The maximum absolute atomic E-state index is 13.7. The van der Waals surface area contributed by atoms with Crippen molar-refractivity contribution < 1.29 is 35.1 Å². The number of fused-ring (bicyclic) bond motifs is 1. The summed E-state index contributed by atoms with van der Waals surface area (Å²) in [5, 5.41) is 5.29. The highest BCUT2D eigenvalue weighted by atomic mass is 19.4. The summed E-state index contributed by atoms with van der Waals surface area (Å²) in [6, 6.07) is 5.92. The molecule has 0 amide bonds. The average molecular weight is 501 g/mol. The van der Waals surface area contributed by atoms with Crippen LogP contribution in [0.5, 0.6) is 0 Å². The number of benzene rings is 2. The molecular formula is C22H15F8N5. The summed E-state index contributed by atoms with van der Waals surface area (Å²) in [4.78, 5) is 10.5. The molecule has 4 aromatic rings. The number of hydrogen-bond acceptors (Lipinski definition) is 4. The summed E-state index contributed by atoms with van der Waals surface area (Å²) in [5.74, 6) is -2.32. The van der Waals surface area contributed by atoms with Crippen LogP contribution in [0.15, 0.2) is 48.7 Å². The van der Waals surface area contributed by atoms with Gasteiger partial charge in [-0.05, 0) is 42.0 Å². The van der Waals surface area contributed by atoms with Gasteiger partial charge in [-0.15, -0.1) is 0 Å². The molecule has 0 saturated carbocycles. The first-order chi connectivity index (χ1) is 16.4. The van der Waals surface area contributed by atoms with E-state index in [1.165, 1.54) is 6.20 Å². The first kappa shape index (κ1) is 24.2. The minimum atomic E-state index is -4.74. The van der Waals surface area contributed by atoms with Gasteiger partial charge in [0.05, 0.1) is 22.2 Å². The largest absolute Gasteiger partial charge is 0.419 e. The molecule has 0 bridgehead atoms. The Balaban J connectivity index is 1.59. The van der Waals surface area contributed by atoms with Crippen molar-refractivity contribution in [2.75, 3.05) is 23.7 Å². The molecule has 2 aromatic carbocycles. The molecule has 0 unspecified atom stereocenters. The number of nitrogens with one attached hydrogen (secondary N) is 3. The fraction of sp³-hybridized carbons (Fsp3) is 0.182. The van der Waals surface area contributed by atoms with E-state index in [9.17, 15) is 35.1 Å². The second-order valence-electron chi connectivity index (χ2n) is 7.41. The number of imidazole rings is 1. The van der Waals surface area contributed by atoms with Crippen LogP contribution < -0.4 is 10.6 Å². The fourth-order valence-electron chi connectivity index (χ4n) is 3.43. The van der Waals surface area contributed by atoms with Crippen molar-refractivity contribution in [3.63, 3.8) is 0 Å². The first-order valence-electron chi connectivity index (χ1n) is 9.99. The van der Waals surface area contributed by atoms with Gasteiger partial charge in [0.15, 0.2) is 0 Å². The number of anilines is 2. The number of H-pyrrole nitrogens is 1. The molecule has 0 aliphatic rings. The van der Waals surface area contributed by atoms with Crippen LogP contribution in [0.1, 0.15) is 11.1 Å². The van der Waals surface area contributed by atoms with Crippen molar-refractivity contribution in [1.82, 2.24) is 15.0 Å². The Morgan fingerprint density at radius 2 is 1.51 bits per heavy atom. The Labute approximate surface area is 192 Å². The number of halogens is 8. The standard InChI is InChI=1S/C22H15F8N5/c23-13-6-11(7-14(24)10-13)15-8-12(21(25,26)27)9-17-18(15)35-20(34-17)33-5-4-32-19-16(22(28,29)30)2-1-3-31-19/h1-3,6-10H,4-5H2,(H,31,32)(H2,33,34,35). The summed E-state index contributed by atoms with van der Waals surface area (Å²) in [7, 11) is 0. The maximum atomic E-state index is 13.7. The van der Waals surface area contributed by atoms with E-state index >= 15 is 0 Å². The zero-order valence-electron chi connectivity index (χ0n) is 17.5. The molecule has 2 aromatic heterocycles. The molecule has 4 rings (SSSR count). The van der Waals surface area contributed by atoms with Crippen molar-refractivity contribution in [2.24, 2.45) is 0 Å². The summed E-state index contributed by atoms with van der Waals surface area (Å²) in [6.07, 6.45) is -8.15. The van der Waals surface area contributed by atoms with Crippen molar-refractivity contribution in [2.45, 2.75) is 12.4 Å². The highest BCUT2D eigenvalue weighted by Crippen LogP contribution is 2.37. The van der Waals surface area contributed by atoms with Crippen molar-refractivity contribution in [3.05, 3.63) is 71.4 Å². The van der Waals surface area contributed by atoms with Gasteiger partial charge in [-0.25, -0.2) is 18.7 Å². The molecule has 35 heavy (non-hydrogen) atoms. The van der Waals surface area contributed by atoms with Crippen LogP contribution in [0, 0.1) is 11.6 Å². The van der Waals surface area contributed by atoms with E-state index in [-0.39, 0.29) is 47.0 Å². The number of aromatic amines is 1. The molecule has 2 heterocycles. The third kappa shape index (κ3) is 5.44. The van der Waals surface area contributed by atoms with Gasteiger partial charge in [-0.2, -0.15) is 26.3 Å². The zero-order chi connectivity index (χ0) is 25.4. The molecule has 0 radical (unpaired) electrons. The fourth-order valence-corrected chi connectivity index (χ4v) is 3.43. The maximum Gasteiger partial charge on any atom is 0.419 e. The van der Waals surface area contributed by atoms with E-state index in [2.05, 4.69) is 25.6 Å². The highest BCUT2D eigenvalue weighted by Gasteiger charge is 2.34. The number of hydrogen-bond donors (Lipinski definition) is 3. The Morgan fingerprint density at radius 3 is 2.17 bits per heavy atom. The third-order valence-electron chi connectivity index (χ3n) is 4.91. The molecule has 0 atom stereocenters. The molecule has 0 aliphatic heterocycles. The summed E-state index contributed by atoms with van der Waals surface area (Å²) >= 11 is 0. The van der Waals surface area contributed by atoms with Gasteiger partial charge in [0, 0.05) is 30.9 Å². The van der Waals surface area contributed by atoms with Crippen molar-refractivity contribution >= 4 is 22.8 Å². The van der Waals surface area contributed by atoms with Gasteiger partial charge in [-0.1, -0.05) is 0 Å². The number of nitrogens with zero attached hydrogens (tertiary/aromatic N) is 2. The normalized spacial score (nSPS) is 12.2. The molecule has 0 saturated heterocycles. The second-order valence-corrected chi connectivity index (χ2v) is 7.41.